The number of imidazole rings is 1. The summed E-state index contributed by atoms with van der Waals surface area (Å²) in [6.45, 7) is 3.31. The lowest BCUT2D eigenvalue weighted by atomic mass is 10.1. The maximum absolute atomic E-state index is 11.6. The van der Waals surface area contributed by atoms with Crippen molar-refractivity contribution in [1.29, 1.82) is 0 Å². The van der Waals surface area contributed by atoms with E-state index in [1.165, 1.54) is 11.5 Å². The van der Waals surface area contributed by atoms with Gasteiger partial charge in [-0.25, -0.2) is 4.79 Å². The van der Waals surface area contributed by atoms with Crippen molar-refractivity contribution >= 4 is 5.78 Å². The Hall–Kier alpha value is -2.10. The van der Waals surface area contributed by atoms with Gasteiger partial charge in [0.05, 0.1) is 5.69 Å². The fraction of sp³-hybridized carbons (Fsp3) is 0.167. The average molecular weight is 216 g/mol. The molecule has 2 aromatic rings. The van der Waals surface area contributed by atoms with Gasteiger partial charge in [-0.05, 0) is 26.0 Å². The summed E-state index contributed by atoms with van der Waals surface area (Å²) in [6.07, 6.45) is 1.62. The number of para-hydroxylation sites is 1. The molecule has 82 valence electrons. The number of Topliss-reactive ketones (excluding diaryl/α,β-unsaturated/α-hetero) is 1. The SMILES string of the molecule is CC(=O)c1ccccc1-n1c(C)c[nH]c1=O. The second-order valence-corrected chi connectivity index (χ2v) is 3.64. The number of nitrogens with zero attached hydrogens (tertiary/aromatic N) is 1. The molecule has 1 heterocycles. The second kappa shape index (κ2) is 3.81. The Balaban J connectivity index is 2.74. The van der Waals surface area contributed by atoms with E-state index < -0.39 is 0 Å². The van der Waals surface area contributed by atoms with Crippen LogP contribution in [0.4, 0.5) is 0 Å². The molecule has 1 aromatic heterocycles. The highest BCUT2D eigenvalue weighted by Gasteiger charge is 2.11. The molecule has 0 aliphatic carbocycles. The van der Waals surface area contributed by atoms with Gasteiger partial charge in [0.15, 0.2) is 5.78 Å². The van der Waals surface area contributed by atoms with Crippen molar-refractivity contribution in [2.75, 3.05) is 0 Å². The molecule has 16 heavy (non-hydrogen) atoms. The van der Waals surface area contributed by atoms with E-state index in [1.807, 2.05) is 6.92 Å². The van der Waals surface area contributed by atoms with Gasteiger partial charge in [-0.3, -0.25) is 9.36 Å². The lowest BCUT2D eigenvalue weighted by Gasteiger charge is -2.08. The van der Waals surface area contributed by atoms with Crippen LogP contribution in [0, 0.1) is 6.92 Å². The minimum Gasteiger partial charge on any atom is -0.312 e. The third kappa shape index (κ3) is 1.58. The van der Waals surface area contributed by atoms with Gasteiger partial charge in [0.2, 0.25) is 0 Å². The molecule has 0 radical (unpaired) electrons. The quantitative estimate of drug-likeness (QED) is 0.776. The molecular weight excluding hydrogens is 204 g/mol. The van der Waals surface area contributed by atoms with E-state index in [-0.39, 0.29) is 11.5 Å². The second-order valence-electron chi connectivity index (χ2n) is 3.64. The average Bonchev–Trinajstić information content (AvgIpc) is 2.58. The zero-order valence-electron chi connectivity index (χ0n) is 9.15. The summed E-state index contributed by atoms with van der Waals surface area (Å²) in [5.41, 5.74) is 1.72. The van der Waals surface area contributed by atoms with Crippen molar-refractivity contribution in [2.24, 2.45) is 0 Å². The number of hydrogen-bond acceptors (Lipinski definition) is 2. The summed E-state index contributed by atoms with van der Waals surface area (Å²) in [5.74, 6) is -0.0527. The molecule has 0 spiro atoms. The number of benzene rings is 1. The molecule has 0 aliphatic heterocycles. The molecule has 4 nitrogen and oxygen atoms in total. The van der Waals surface area contributed by atoms with E-state index in [2.05, 4.69) is 4.98 Å². The summed E-state index contributed by atoms with van der Waals surface area (Å²) in [4.78, 5) is 25.7. The number of aryl methyl sites for hydroxylation is 1. The first kappa shape index (κ1) is 10.4. The van der Waals surface area contributed by atoms with Crippen molar-refractivity contribution < 1.29 is 4.79 Å². The van der Waals surface area contributed by atoms with Crippen LogP contribution in [-0.4, -0.2) is 15.3 Å². The largest absolute Gasteiger partial charge is 0.330 e. The summed E-state index contributed by atoms with van der Waals surface area (Å²) in [5, 5.41) is 0. The number of ketones is 1. The number of hydrogen-bond donors (Lipinski definition) is 1. The van der Waals surface area contributed by atoms with E-state index in [1.54, 1.807) is 30.5 Å². The first-order valence-corrected chi connectivity index (χ1v) is 4.98. The van der Waals surface area contributed by atoms with E-state index in [0.29, 0.717) is 11.3 Å². The number of carbonyl (C=O) groups is 1. The lowest BCUT2D eigenvalue weighted by molar-refractivity contribution is 0.101. The van der Waals surface area contributed by atoms with Gasteiger partial charge in [-0.15, -0.1) is 0 Å². The van der Waals surface area contributed by atoms with Crippen molar-refractivity contribution in [3.05, 3.63) is 52.2 Å². The predicted octanol–water partition coefficient (Wildman–Crippen LogP) is 1.68. The number of aromatic amines is 1. The number of carbonyl (C=O) groups excluding carboxylic acids is 1. The molecule has 0 amide bonds. The molecule has 0 saturated heterocycles. The van der Waals surface area contributed by atoms with Gasteiger partial charge >= 0.3 is 5.69 Å². The van der Waals surface area contributed by atoms with Crippen LogP contribution in [-0.2, 0) is 0 Å². The topological polar surface area (TPSA) is 54.9 Å². The molecule has 0 unspecified atom stereocenters. The van der Waals surface area contributed by atoms with Crippen molar-refractivity contribution in [2.45, 2.75) is 13.8 Å². The normalized spacial score (nSPS) is 10.4. The summed E-state index contributed by atoms with van der Waals surface area (Å²) < 4.78 is 1.50. The Labute approximate surface area is 92.5 Å². The lowest BCUT2D eigenvalue weighted by Crippen LogP contribution is -2.18. The van der Waals surface area contributed by atoms with Gasteiger partial charge < -0.3 is 4.98 Å². The van der Waals surface area contributed by atoms with Crippen LogP contribution in [0.2, 0.25) is 0 Å². The summed E-state index contributed by atoms with van der Waals surface area (Å²) in [6, 6.07) is 7.07. The highest BCUT2D eigenvalue weighted by atomic mass is 16.1. The maximum atomic E-state index is 11.6. The maximum Gasteiger partial charge on any atom is 0.330 e. The highest BCUT2D eigenvalue weighted by molar-refractivity contribution is 5.97. The van der Waals surface area contributed by atoms with Gasteiger partial charge in [0, 0.05) is 17.5 Å². The first-order chi connectivity index (χ1) is 7.61. The summed E-state index contributed by atoms with van der Waals surface area (Å²) >= 11 is 0. The number of nitrogens with one attached hydrogen (secondary N) is 1. The van der Waals surface area contributed by atoms with E-state index in [9.17, 15) is 9.59 Å². The Bertz CT molecular complexity index is 593. The minimum atomic E-state index is -0.230. The van der Waals surface area contributed by atoms with Gasteiger partial charge in [-0.2, -0.15) is 0 Å². The number of rotatable bonds is 2. The predicted molar refractivity (Wildman–Crippen MR) is 61.1 cm³/mol. The van der Waals surface area contributed by atoms with E-state index >= 15 is 0 Å². The zero-order valence-corrected chi connectivity index (χ0v) is 9.15. The number of aromatic nitrogens is 2. The summed E-state index contributed by atoms with van der Waals surface area (Å²) in [7, 11) is 0. The molecule has 0 atom stereocenters. The van der Waals surface area contributed by atoms with Crippen LogP contribution in [0.15, 0.2) is 35.3 Å². The van der Waals surface area contributed by atoms with Crippen LogP contribution in [0.5, 0.6) is 0 Å². The molecule has 0 fully saturated rings. The molecule has 0 aliphatic rings. The van der Waals surface area contributed by atoms with Gasteiger partial charge in [0.25, 0.3) is 0 Å². The monoisotopic (exact) mass is 216 g/mol. The molecule has 1 N–H and O–H groups in total. The van der Waals surface area contributed by atoms with Crippen LogP contribution in [0.25, 0.3) is 5.69 Å². The highest BCUT2D eigenvalue weighted by Crippen LogP contribution is 2.14. The fourth-order valence-corrected chi connectivity index (χ4v) is 1.72. The van der Waals surface area contributed by atoms with Crippen LogP contribution in [0.3, 0.4) is 0 Å². The molecular formula is C12H12N2O2. The standard InChI is InChI=1S/C12H12N2O2/c1-8-7-13-12(16)14(8)11-6-4-3-5-10(11)9(2)15/h3-7H,1-2H3,(H,13,16). The minimum absolute atomic E-state index is 0.0527. The van der Waals surface area contributed by atoms with Crippen molar-refractivity contribution in [3.63, 3.8) is 0 Å². The number of H-pyrrole nitrogens is 1. The molecule has 0 saturated carbocycles. The molecule has 2 rings (SSSR count). The smallest absolute Gasteiger partial charge is 0.312 e. The Morgan fingerprint density at radius 3 is 2.56 bits per heavy atom. The fourth-order valence-electron chi connectivity index (χ4n) is 1.72. The third-order valence-electron chi connectivity index (χ3n) is 2.48. The first-order valence-electron chi connectivity index (χ1n) is 4.98. The van der Waals surface area contributed by atoms with E-state index in [0.717, 1.165) is 5.69 Å². The Morgan fingerprint density at radius 2 is 2.00 bits per heavy atom. The molecule has 4 heteroatoms. The van der Waals surface area contributed by atoms with Crippen LogP contribution < -0.4 is 5.69 Å². The Morgan fingerprint density at radius 1 is 1.31 bits per heavy atom. The van der Waals surface area contributed by atoms with Crippen molar-refractivity contribution in [3.8, 4) is 5.69 Å². The molecule has 1 aromatic carbocycles. The van der Waals surface area contributed by atoms with Crippen molar-refractivity contribution in [1.82, 2.24) is 9.55 Å². The third-order valence-corrected chi connectivity index (χ3v) is 2.48. The van der Waals surface area contributed by atoms with E-state index in [4.69, 9.17) is 0 Å². The van der Waals surface area contributed by atoms with Crippen LogP contribution >= 0.6 is 0 Å². The van der Waals surface area contributed by atoms with Gasteiger partial charge in [-0.1, -0.05) is 12.1 Å². The van der Waals surface area contributed by atoms with Crippen LogP contribution in [0.1, 0.15) is 23.0 Å². The molecule has 0 bridgehead atoms. The zero-order chi connectivity index (χ0) is 11.7. The van der Waals surface area contributed by atoms with Gasteiger partial charge in [0.1, 0.15) is 0 Å². The Kier molecular flexibility index (Phi) is 2.48.